The molecule has 0 spiro atoms. The number of hydrogen-bond acceptors (Lipinski definition) is 0. The second-order valence-corrected chi connectivity index (χ2v) is 3.74. The van der Waals surface area contributed by atoms with E-state index in [0.717, 1.165) is 0 Å². The zero-order chi connectivity index (χ0) is 10.5. The van der Waals surface area contributed by atoms with Crippen molar-refractivity contribution in [1.29, 1.82) is 0 Å². The van der Waals surface area contributed by atoms with Gasteiger partial charge in [0, 0.05) is 5.92 Å². The normalized spacial score (nSPS) is 23.7. The van der Waals surface area contributed by atoms with Gasteiger partial charge in [-0.15, -0.1) is 0 Å². The zero-order valence-electron chi connectivity index (χ0n) is 9.06. The molecule has 0 N–H and O–H groups in total. The number of rotatable bonds is 1. The summed E-state index contributed by atoms with van der Waals surface area (Å²) in [4.78, 5) is 0. The smallest absolute Gasteiger partial charge is 0.00926 e. The van der Waals surface area contributed by atoms with Crippen LogP contribution in [0, 0.1) is 5.92 Å². The summed E-state index contributed by atoms with van der Waals surface area (Å²) in [5, 5.41) is 0. The van der Waals surface area contributed by atoms with Crippen molar-refractivity contribution in [3.8, 4) is 0 Å². The van der Waals surface area contributed by atoms with Gasteiger partial charge in [0.2, 0.25) is 0 Å². The van der Waals surface area contributed by atoms with Gasteiger partial charge in [0.1, 0.15) is 0 Å². The van der Waals surface area contributed by atoms with E-state index in [9.17, 15) is 0 Å². The third-order valence-electron chi connectivity index (χ3n) is 2.74. The minimum absolute atomic E-state index is 0.702. The zero-order valence-corrected chi connectivity index (χ0v) is 9.06. The maximum atomic E-state index is 2.24. The van der Waals surface area contributed by atoms with Crippen LogP contribution in [-0.4, -0.2) is 0 Å². The summed E-state index contributed by atoms with van der Waals surface area (Å²) in [6.07, 6.45) is 22.2. The maximum Gasteiger partial charge on any atom is 0.00926 e. The van der Waals surface area contributed by atoms with Gasteiger partial charge in [0.15, 0.2) is 0 Å². The fraction of sp³-hybridized carbons (Fsp3) is 0.200. The van der Waals surface area contributed by atoms with E-state index in [2.05, 4.69) is 55.5 Å². The monoisotopic (exact) mass is 196 g/mol. The summed E-state index contributed by atoms with van der Waals surface area (Å²) >= 11 is 0. The van der Waals surface area contributed by atoms with E-state index in [-0.39, 0.29) is 0 Å². The van der Waals surface area contributed by atoms with Crippen molar-refractivity contribution in [3.63, 3.8) is 0 Å². The van der Waals surface area contributed by atoms with E-state index < -0.39 is 0 Å². The van der Waals surface area contributed by atoms with Gasteiger partial charge in [0.05, 0.1) is 0 Å². The summed E-state index contributed by atoms with van der Waals surface area (Å²) in [5.74, 6) is 0.702. The molecule has 0 aliphatic heterocycles. The minimum Gasteiger partial charge on any atom is -0.0645 e. The molecular formula is C15H16. The lowest BCUT2D eigenvalue weighted by molar-refractivity contribution is 0.832. The molecule has 0 fully saturated rings. The molecule has 0 heteroatoms. The van der Waals surface area contributed by atoms with Gasteiger partial charge >= 0.3 is 0 Å². The fourth-order valence-electron chi connectivity index (χ4n) is 1.88. The maximum absolute atomic E-state index is 2.24. The average molecular weight is 196 g/mol. The van der Waals surface area contributed by atoms with E-state index in [1.807, 2.05) is 12.2 Å². The van der Waals surface area contributed by atoms with Crippen LogP contribution in [0.2, 0.25) is 0 Å². The highest BCUT2D eigenvalue weighted by atomic mass is 14.3. The van der Waals surface area contributed by atoms with Gasteiger partial charge in [0.25, 0.3) is 0 Å². The van der Waals surface area contributed by atoms with Crippen LogP contribution in [0.25, 0.3) is 0 Å². The van der Waals surface area contributed by atoms with E-state index in [4.69, 9.17) is 0 Å². The Labute approximate surface area is 91.7 Å². The van der Waals surface area contributed by atoms with E-state index in [1.165, 1.54) is 17.6 Å². The molecule has 0 radical (unpaired) electrons. The van der Waals surface area contributed by atoms with Crippen LogP contribution in [0.15, 0.2) is 71.9 Å². The van der Waals surface area contributed by atoms with E-state index in [0.29, 0.717) is 5.92 Å². The van der Waals surface area contributed by atoms with Gasteiger partial charge < -0.3 is 0 Å². The van der Waals surface area contributed by atoms with Crippen molar-refractivity contribution in [3.05, 3.63) is 71.9 Å². The average Bonchev–Trinajstić information content (AvgIpc) is 2.90. The lowest BCUT2D eigenvalue weighted by atomic mass is 10.2. The predicted octanol–water partition coefficient (Wildman–Crippen LogP) is 4.12. The first-order chi connectivity index (χ1) is 7.43. The second kappa shape index (κ2) is 4.79. The number of hydrogen-bond donors (Lipinski definition) is 0. The predicted molar refractivity (Wildman–Crippen MR) is 66.5 cm³/mol. The molecule has 0 atom stereocenters. The van der Waals surface area contributed by atoms with Crippen LogP contribution < -0.4 is 0 Å². The summed E-state index contributed by atoms with van der Waals surface area (Å²) in [7, 11) is 0. The Bertz CT molecular complexity index is 362. The molecule has 0 heterocycles. The highest BCUT2D eigenvalue weighted by Crippen LogP contribution is 2.43. The van der Waals surface area contributed by atoms with Gasteiger partial charge in [-0.2, -0.15) is 0 Å². The molecule has 0 aromatic heterocycles. The van der Waals surface area contributed by atoms with Crippen molar-refractivity contribution < 1.29 is 0 Å². The number of allylic oxidation sites excluding steroid dienone is 12. The van der Waals surface area contributed by atoms with Crippen molar-refractivity contribution in [2.75, 3.05) is 0 Å². The molecule has 0 nitrogen and oxygen atoms in total. The van der Waals surface area contributed by atoms with E-state index >= 15 is 0 Å². The molecule has 0 saturated heterocycles. The molecule has 0 aromatic rings. The molecule has 0 unspecified atom stereocenters. The van der Waals surface area contributed by atoms with Gasteiger partial charge in [-0.25, -0.2) is 0 Å². The summed E-state index contributed by atoms with van der Waals surface area (Å²) in [6.45, 7) is 2.24. The highest BCUT2D eigenvalue weighted by Gasteiger charge is 2.29. The second-order valence-electron chi connectivity index (χ2n) is 3.74. The van der Waals surface area contributed by atoms with Crippen molar-refractivity contribution in [2.45, 2.75) is 13.3 Å². The van der Waals surface area contributed by atoms with Crippen LogP contribution in [0.3, 0.4) is 0 Å². The molecule has 76 valence electrons. The van der Waals surface area contributed by atoms with Crippen molar-refractivity contribution in [1.82, 2.24) is 0 Å². The first-order valence-electron chi connectivity index (χ1n) is 5.52. The molecular weight excluding hydrogens is 180 g/mol. The first kappa shape index (κ1) is 9.97. The molecule has 15 heavy (non-hydrogen) atoms. The Morgan fingerprint density at radius 3 is 1.53 bits per heavy atom. The summed E-state index contributed by atoms with van der Waals surface area (Å²) in [5.41, 5.74) is 2.99. The topological polar surface area (TPSA) is 0 Å². The quantitative estimate of drug-likeness (QED) is 0.592. The summed E-state index contributed by atoms with van der Waals surface area (Å²) < 4.78 is 0. The van der Waals surface area contributed by atoms with Crippen LogP contribution >= 0.6 is 0 Å². The third kappa shape index (κ3) is 2.47. The first-order valence-corrected chi connectivity index (χ1v) is 5.52. The largest absolute Gasteiger partial charge is 0.0645 e. The Morgan fingerprint density at radius 1 is 0.733 bits per heavy atom. The minimum atomic E-state index is 0.702. The molecule has 0 saturated carbocycles. The van der Waals surface area contributed by atoms with E-state index in [1.54, 1.807) is 0 Å². The lowest BCUT2D eigenvalue weighted by Crippen LogP contribution is -1.75. The molecule has 2 rings (SSSR count). The molecule has 0 bridgehead atoms. The third-order valence-corrected chi connectivity index (χ3v) is 2.74. The molecule has 2 aliphatic rings. The Hall–Kier alpha value is -1.56. The SMILES string of the molecule is CCC1C2=C1C=CC=CC=CC=CC=C2. The van der Waals surface area contributed by atoms with Crippen molar-refractivity contribution >= 4 is 0 Å². The molecule has 0 amide bonds. The van der Waals surface area contributed by atoms with Crippen LogP contribution in [0.5, 0.6) is 0 Å². The van der Waals surface area contributed by atoms with Gasteiger partial charge in [-0.3, -0.25) is 0 Å². The molecule has 2 aliphatic carbocycles. The summed E-state index contributed by atoms with van der Waals surface area (Å²) in [6, 6.07) is 0. The Kier molecular flexibility index (Phi) is 3.18. The van der Waals surface area contributed by atoms with Crippen LogP contribution in [0.4, 0.5) is 0 Å². The standard InChI is InChI=1S/C15H16/c1-2-13-14-11-9-7-5-3-4-6-8-10-12-15(13)14/h3-13H,2H2,1H3. The molecule has 0 aromatic carbocycles. The Balaban J connectivity index is 2.17. The van der Waals surface area contributed by atoms with Crippen LogP contribution in [0.1, 0.15) is 13.3 Å². The lowest BCUT2D eigenvalue weighted by Gasteiger charge is -1.87. The highest BCUT2D eigenvalue weighted by molar-refractivity contribution is 5.55. The van der Waals surface area contributed by atoms with Crippen molar-refractivity contribution in [2.24, 2.45) is 5.92 Å². The van der Waals surface area contributed by atoms with Gasteiger partial charge in [-0.1, -0.05) is 67.7 Å². The van der Waals surface area contributed by atoms with Crippen LogP contribution in [-0.2, 0) is 0 Å². The fourth-order valence-corrected chi connectivity index (χ4v) is 1.88. The van der Waals surface area contributed by atoms with Gasteiger partial charge in [-0.05, 0) is 17.6 Å². The Morgan fingerprint density at radius 2 is 1.13 bits per heavy atom.